The fourth-order valence-corrected chi connectivity index (χ4v) is 3.00. The van der Waals surface area contributed by atoms with E-state index >= 15 is 0 Å². The standard InChI is InChI=1S/C23H22N2O4.CH4/c1-15(26)21(23(28)25-29)24-22(27)20-13-11-19(12-14-20)18-9-7-17(8-10-18)16-5-3-2-4-6-16;/h2-15,21,26,29H,1H3,(H,24,27)(H,25,28);1H4/t15-,21+;/m1./s1. The molecule has 0 fully saturated rings. The van der Waals surface area contributed by atoms with Gasteiger partial charge in [-0.3, -0.25) is 14.8 Å². The first kappa shape index (κ1) is 22.8. The van der Waals surface area contributed by atoms with Gasteiger partial charge in [-0.05, 0) is 41.3 Å². The van der Waals surface area contributed by atoms with Gasteiger partial charge in [0.2, 0.25) is 0 Å². The molecule has 3 aromatic rings. The largest absolute Gasteiger partial charge is 0.391 e. The molecule has 0 unspecified atom stereocenters. The van der Waals surface area contributed by atoms with Gasteiger partial charge in [-0.1, -0.05) is 74.2 Å². The predicted octanol–water partition coefficient (Wildman–Crippen LogP) is 3.64. The summed E-state index contributed by atoms with van der Waals surface area (Å²) in [4.78, 5) is 23.9. The average molecular weight is 406 g/mol. The summed E-state index contributed by atoms with van der Waals surface area (Å²) in [5.41, 5.74) is 6.00. The third-order valence-corrected chi connectivity index (χ3v) is 4.63. The number of benzene rings is 3. The minimum Gasteiger partial charge on any atom is -0.391 e. The van der Waals surface area contributed by atoms with E-state index in [9.17, 15) is 14.7 Å². The summed E-state index contributed by atoms with van der Waals surface area (Å²) < 4.78 is 0. The quantitative estimate of drug-likeness (QED) is 0.371. The molecule has 3 aromatic carbocycles. The molecule has 3 rings (SSSR count). The van der Waals surface area contributed by atoms with E-state index in [4.69, 9.17) is 5.21 Å². The molecule has 0 radical (unpaired) electrons. The van der Waals surface area contributed by atoms with E-state index in [0.717, 1.165) is 22.3 Å². The van der Waals surface area contributed by atoms with Crippen molar-refractivity contribution in [2.24, 2.45) is 0 Å². The van der Waals surface area contributed by atoms with Gasteiger partial charge in [-0.2, -0.15) is 0 Å². The Kier molecular flexibility index (Phi) is 7.86. The van der Waals surface area contributed by atoms with Crippen LogP contribution < -0.4 is 10.8 Å². The van der Waals surface area contributed by atoms with E-state index in [1.165, 1.54) is 12.4 Å². The zero-order chi connectivity index (χ0) is 20.8. The molecule has 0 spiro atoms. The lowest BCUT2D eigenvalue weighted by Crippen LogP contribution is -2.51. The highest BCUT2D eigenvalue weighted by Gasteiger charge is 2.25. The first-order chi connectivity index (χ1) is 14.0. The Hall–Kier alpha value is -3.48. The van der Waals surface area contributed by atoms with Crippen LogP contribution in [0.5, 0.6) is 0 Å². The molecule has 6 nitrogen and oxygen atoms in total. The fourth-order valence-electron chi connectivity index (χ4n) is 3.00. The van der Waals surface area contributed by atoms with E-state index in [-0.39, 0.29) is 7.43 Å². The Morgan fingerprint density at radius 1 is 0.767 bits per heavy atom. The number of aliphatic hydroxyl groups excluding tert-OH is 1. The molecular weight excluding hydrogens is 380 g/mol. The van der Waals surface area contributed by atoms with Crippen LogP contribution in [-0.2, 0) is 4.79 Å². The zero-order valence-corrected chi connectivity index (χ0v) is 15.9. The van der Waals surface area contributed by atoms with Crippen LogP contribution in [0.3, 0.4) is 0 Å². The molecule has 0 aliphatic rings. The number of nitrogens with one attached hydrogen (secondary N) is 2. The van der Waals surface area contributed by atoms with E-state index in [0.29, 0.717) is 5.56 Å². The van der Waals surface area contributed by atoms with Gasteiger partial charge in [-0.25, -0.2) is 5.48 Å². The van der Waals surface area contributed by atoms with Crippen LogP contribution in [0.25, 0.3) is 22.3 Å². The Labute approximate surface area is 176 Å². The second-order valence-electron chi connectivity index (χ2n) is 6.69. The number of hydroxylamine groups is 1. The van der Waals surface area contributed by atoms with Crippen molar-refractivity contribution < 1.29 is 19.9 Å². The highest BCUT2D eigenvalue weighted by atomic mass is 16.5. The number of aliphatic hydroxyl groups is 1. The van der Waals surface area contributed by atoms with Gasteiger partial charge >= 0.3 is 0 Å². The number of amides is 2. The summed E-state index contributed by atoms with van der Waals surface area (Å²) in [5.74, 6) is -1.41. The highest BCUT2D eigenvalue weighted by molar-refractivity contribution is 5.98. The molecule has 0 saturated heterocycles. The molecule has 0 aromatic heterocycles. The zero-order valence-electron chi connectivity index (χ0n) is 15.9. The van der Waals surface area contributed by atoms with E-state index in [1.54, 1.807) is 12.1 Å². The number of carbonyl (C=O) groups excluding carboxylic acids is 2. The number of hydrogen-bond acceptors (Lipinski definition) is 4. The van der Waals surface area contributed by atoms with Crippen LogP contribution in [0.15, 0.2) is 78.9 Å². The van der Waals surface area contributed by atoms with Crippen molar-refractivity contribution in [3.05, 3.63) is 84.4 Å². The van der Waals surface area contributed by atoms with E-state index < -0.39 is 24.0 Å². The summed E-state index contributed by atoms with van der Waals surface area (Å²) >= 11 is 0. The predicted molar refractivity (Wildman–Crippen MR) is 117 cm³/mol. The fraction of sp³-hybridized carbons (Fsp3) is 0.167. The maximum absolute atomic E-state index is 12.3. The van der Waals surface area contributed by atoms with Crippen molar-refractivity contribution in [1.82, 2.24) is 10.8 Å². The van der Waals surface area contributed by atoms with Gasteiger partial charge in [0.1, 0.15) is 6.04 Å². The van der Waals surface area contributed by atoms with Gasteiger partial charge in [0, 0.05) is 5.56 Å². The normalized spacial score (nSPS) is 12.2. The third-order valence-electron chi connectivity index (χ3n) is 4.63. The number of hydrogen-bond donors (Lipinski definition) is 4. The van der Waals surface area contributed by atoms with Crippen molar-refractivity contribution in [3.63, 3.8) is 0 Å². The minimum atomic E-state index is -1.25. The lowest BCUT2D eigenvalue weighted by molar-refractivity contribution is -0.133. The summed E-state index contributed by atoms with van der Waals surface area (Å²) in [6.45, 7) is 1.35. The summed E-state index contributed by atoms with van der Waals surface area (Å²) in [5, 5.41) is 20.8. The highest BCUT2D eigenvalue weighted by Crippen LogP contribution is 2.25. The Bertz CT molecular complexity index is 968. The first-order valence-electron chi connectivity index (χ1n) is 9.18. The lowest BCUT2D eigenvalue weighted by atomic mass is 9.99. The maximum atomic E-state index is 12.3. The molecule has 0 aliphatic heterocycles. The van der Waals surface area contributed by atoms with Crippen LogP contribution in [0.1, 0.15) is 24.7 Å². The SMILES string of the molecule is C.C[C@@H](O)[C@H](NC(=O)c1ccc(-c2ccc(-c3ccccc3)cc2)cc1)C(=O)NO. The topological polar surface area (TPSA) is 98.7 Å². The molecular formula is C24H26N2O4. The monoisotopic (exact) mass is 406 g/mol. The molecule has 0 saturated carbocycles. The van der Waals surface area contributed by atoms with Crippen molar-refractivity contribution in [1.29, 1.82) is 0 Å². The summed E-state index contributed by atoms with van der Waals surface area (Å²) in [6.07, 6.45) is -1.16. The molecule has 156 valence electrons. The molecule has 2 atom stereocenters. The minimum absolute atomic E-state index is 0. The van der Waals surface area contributed by atoms with Crippen LogP contribution in [0.4, 0.5) is 0 Å². The van der Waals surface area contributed by atoms with E-state index in [2.05, 4.69) is 17.4 Å². The third kappa shape index (κ3) is 5.31. The van der Waals surface area contributed by atoms with Crippen molar-refractivity contribution in [2.45, 2.75) is 26.5 Å². The van der Waals surface area contributed by atoms with Crippen LogP contribution in [-0.4, -0.2) is 34.3 Å². The molecule has 4 N–H and O–H groups in total. The Morgan fingerprint density at radius 3 is 1.63 bits per heavy atom. The average Bonchev–Trinajstić information content (AvgIpc) is 2.77. The van der Waals surface area contributed by atoms with Crippen LogP contribution >= 0.6 is 0 Å². The second-order valence-corrected chi connectivity index (χ2v) is 6.69. The summed E-state index contributed by atoms with van der Waals surface area (Å²) in [6, 6.07) is 23.9. The van der Waals surface area contributed by atoms with Gasteiger partial charge in [-0.15, -0.1) is 0 Å². The number of carbonyl (C=O) groups is 2. The van der Waals surface area contributed by atoms with Gasteiger partial charge in [0.15, 0.2) is 0 Å². The van der Waals surface area contributed by atoms with E-state index in [1.807, 2.05) is 54.6 Å². The molecule has 6 heteroatoms. The number of rotatable bonds is 6. The maximum Gasteiger partial charge on any atom is 0.268 e. The van der Waals surface area contributed by atoms with Gasteiger partial charge in [0.25, 0.3) is 11.8 Å². The lowest BCUT2D eigenvalue weighted by Gasteiger charge is -2.19. The Morgan fingerprint density at radius 2 is 1.20 bits per heavy atom. The molecule has 30 heavy (non-hydrogen) atoms. The van der Waals surface area contributed by atoms with Crippen LogP contribution in [0, 0.1) is 0 Å². The van der Waals surface area contributed by atoms with Crippen molar-refractivity contribution in [2.75, 3.05) is 0 Å². The molecule has 0 bridgehead atoms. The first-order valence-corrected chi connectivity index (χ1v) is 9.18. The summed E-state index contributed by atoms with van der Waals surface area (Å²) in [7, 11) is 0. The molecule has 0 aliphatic carbocycles. The van der Waals surface area contributed by atoms with Crippen molar-refractivity contribution in [3.8, 4) is 22.3 Å². The second kappa shape index (κ2) is 10.3. The van der Waals surface area contributed by atoms with Gasteiger partial charge < -0.3 is 10.4 Å². The molecule has 2 amide bonds. The Balaban J connectivity index is 0.00000320. The van der Waals surface area contributed by atoms with Crippen molar-refractivity contribution >= 4 is 11.8 Å². The smallest absolute Gasteiger partial charge is 0.268 e. The van der Waals surface area contributed by atoms with Crippen LogP contribution in [0.2, 0.25) is 0 Å². The van der Waals surface area contributed by atoms with Gasteiger partial charge in [0.05, 0.1) is 6.10 Å². The molecule has 0 heterocycles.